The topological polar surface area (TPSA) is 60.2 Å². The van der Waals surface area contributed by atoms with Gasteiger partial charge in [0.05, 0.1) is 0 Å². The summed E-state index contributed by atoms with van der Waals surface area (Å²) >= 11 is 3.49. The largest absolute Gasteiger partial charge is 0.484 e. The molecule has 0 aliphatic rings. The molecule has 0 radical (unpaired) electrons. The van der Waals surface area contributed by atoms with Crippen LogP contribution in [-0.4, -0.2) is 17.2 Å². The molecule has 0 aliphatic carbocycles. The molecule has 1 heterocycles. The number of benzene rings is 1. The molecule has 0 aliphatic heterocycles. The Morgan fingerprint density at radius 1 is 1.44 bits per heavy atom. The summed E-state index contributed by atoms with van der Waals surface area (Å²) in [5.74, 6) is 1.87. The first-order valence-corrected chi connectivity index (χ1v) is 6.33. The Morgan fingerprint density at radius 2 is 2.28 bits per heavy atom. The van der Waals surface area contributed by atoms with Gasteiger partial charge in [0.15, 0.2) is 12.4 Å². The first-order chi connectivity index (χ1) is 8.69. The molecule has 1 N–H and O–H groups in total. The number of aryl methyl sites for hydroxylation is 1. The number of hydrogen-bond donors (Lipinski definition) is 1. The summed E-state index contributed by atoms with van der Waals surface area (Å²) in [6, 6.07) is 5.83. The number of halogens is 1. The molecule has 0 bridgehead atoms. The second kappa shape index (κ2) is 5.97. The average molecular weight is 312 g/mol. The number of nitrogens with one attached hydrogen (secondary N) is 1. The van der Waals surface area contributed by atoms with E-state index in [1.807, 2.05) is 25.2 Å². The Labute approximate surface area is 114 Å². The van der Waals surface area contributed by atoms with Gasteiger partial charge in [-0.2, -0.15) is 4.98 Å². The van der Waals surface area contributed by atoms with Gasteiger partial charge in [-0.05, 0) is 37.7 Å². The molecular weight excluding hydrogens is 298 g/mol. The van der Waals surface area contributed by atoms with Gasteiger partial charge in [-0.1, -0.05) is 21.1 Å². The highest BCUT2D eigenvalue weighted by atomic mass is 79.9. The second-order valence-electron chi connectivity index (χ2n) is 3.81. The van der Waals surface area contributed by atoms with Gasteiger partial charge in [0.2, 0.25) is 0 Å². The van der Waals surface area contributed by atoms with E-state index in [0.717, 1.165) is 22.3 Å². The molecule has 1 aromatic carbocycles. The van der Waals surface area contributed by atoms with Crippen molar-refractivity contribution in [1.29, 1.82) is 0 Å². The summed E-state index contributed by atoms with van der Waals surface area (Å²) < 4.78 is 11.6. The lowest BCUT2D eigenvalue weighted by Gasteiger charge is -2.08. The predicted octanol–water partition coefficient (Wildman–Crippen LogP) is 2.44. The van der Waals surface area contributed by atoms with Crippen molar-refractivity contribution in [2.45, 2.75) is 20.1 Å². The van der Waals surface area contributed by atoms with Crippen molar-refractivity contribution in [3.05, 3.63) is 40.0 Å². The zero-order valence-electron chi connectivity index (χ0n) is 10.2. The van der Waals surface area contributed by atoms with Crippen LogP contribution in [0.4, 0.5) is 0 Å². The maximum Gasteiger partial charge on any atom is 0.264 e. The third-order valence-corrected chi connectivity index (χ3v) is 3.09. The van der Waals surface area contributed by atoms with Gasteiger partial charge in [0, 0.05) is 11.0 Å². The average Bonchev–Trinajstić information content (AvgIpc) is 2.76. The van der Waals surface area contributed by atoms with Crippen LogP contribution in [0.25, 0.3) is 0 Å². The summed E-state index contributed by atoms with van der Waals surface area (Å²) in [6.07, 6.45) is 0. The van der Waals surface area contributed by atoms with Gasteiger partial charge in [0.1, 0.15) is 5.75 Å². The van der Waals surface area contributed by atoms with Crippen molar-refractivity contribution >= 4 is 15.9 Å². The number of rotatable bonds is 5. The molecule has 0 unspecified atom stereocenters. The monoisotopic (exact) mass is 311 g/mol. The fourth-order valence-corrected chi connectivity index (χ4v) is 1.90. The second-order valence-corrected chi connectivity index (χ2v) is 4.66. The van der Waals surface area contributed by atoms with Crippen LogP contribution in [0.5, 0.6) is 5.75 Å². The summed E-state index contributed by atoms with van der Waals surface area (Å²) in [5, 5.41) is 6.81. The molecule has 0 spiro atoms. The molecule has 0 amide bonds. The van der Waals surface area contributed by atoms with Crippen molar-refractivity contribution in [1.82, 2.24) is 15.5 Å². The molecule has 96 valence electrons. The highest BCUT2D eigenvalue weighted by molar-refractivity contribution is 9.10. The lowest BCUT2D eigenvalue weighted by Crippen LogP contribution is -2.06. The Kier molecular flexibility index (Phi) is 4.33. The van der Waals surface area contributed by atoms with Crippen LogP contribution in [0.3, 0.4) is 0 Å². The van der Waals surface area contributed by atoms with E-state index >= 15 is 0 Å². The maximum atomic E-state index is 5.60. The molecule has 0 atom stereocenters. The molecule has 0 saturated heterocycles. The first-order valence-electron chi connectivity index (χ1n) is 5.54. The van der Waals surface area contributed by atoms with Crippen molar-refractivity contribution in [2.75, 3.05) is 7.05 Å². The van der Waals surface area contributed by atoms with Crippen molar-refractivity contribution in [2.24, 2.45) is 0 Å². The fraction of sp³-hybridized carbons (Fsp3) is 0.333. The van der Waals surface area contributed by atoms with E-state index in [-0.39, 0.29) is 6.61 Å². The molecular formula is C12H14BrN3O2. The van der Waals surface area contributed by atoms with Gasteiger partial charge >= 0.3 is 0 Å². The number of ether oxygens (including phenoxy) is 1. The zero-order valence-corrected chi connectivity index (χ0v) is 11.8. The standard InChI is InChI=1S/C12H14BrN3O2/c1-8-15-12(18-16-8)7-17-10-3-4-11(13)9(5-10)6-14-2/h3-5,14H,6-7H2,1-2H3. The lowest BCUT2D eigenvalue weighted by atomic mass is 10.2. The fourth-order valence-electron chi connectivity index (χ4n) is 1.51. The minimum atomic E-state index is 0.279. The molecule has 2 rings (SSSR count). The minimum absolute atomic E-state index is 0.279. The summed E-state index contributed by atoms with van der Waals surface area (Å²) in [4.78, 5) is 4.08. The molecule has 2 aromatic rings. The normalized spacial score (nSPS) is 10.6. The van der Waals surface area contributed by atoms with Crippen molar-refractivity contribution in [3.8, 4) is 5.75 Å². The van der Waals surface area contributed by atoms with Gasteiger partial charge < -0.3 is 14.6 Å². The summed E-state index contributed by atoms with van der Waals surface area (Å²) in [6.45, 7) is 2.83. The van der Waals surface area contributed by atoms with Gasteiger partial charge in [0.25, 0.3) is 5.89 Å². The smallest absolute Gasteiger partial charge is 0.264 e. The van der Waals surface area contributed by atoms with Gasteiger partial charge in [-0.25, -0.2) is 0 Å². The van der Waals surface area contributed by atoms with Crippen LogP contribution in [0.2, 0.25) is 0 Å². The SMILES string of the molecule is CNCc1cc(OCc2nc(C)no2)ccc1Br. The molecule has 0 fully saturated rings. The Morgan fingerprint density at radius 3 is 2.94 bits per heavy atom. The predicted molar refractivity (Wildman–Crippen MR) is 70.3 cm³/mol. The molecule has 0 saturated carbocycles. The third kappa shape index (κ3) is 3.30. The van der Waals surface area contributed by atoms with Crippen LogP contribution in [0, 0.1) is 6.92 Å². The summed E-state index contributed by atoms with van der Waals surface area (Å²) in [5.41, 5.74) is 1.14. The number of hydrogen-bond acceptors (Lipinski definition) is 5. The highest BCUT2D eigenvalue weighted by Crippen LogP contribution is 2.23. The molecule has 5 nitrogen and oxygen atoms in total. The van der Waals surface area contributed by atoms with E-state index in [1.165, 1.54) is 0 Å². The molecule has 6 heteroatoms. The van der Waals surface area contributed by atoms with E-state index < -0.39 is 0 Å². The van der Waals surface area contributed by atoms with E-state index in [4.69, 9.17) is 9.26 Å². The van der Waals surface area contributed by atoms with Crippen LogP contribution in [-0.2, 0) is 13.2 Å². The highest BCUT2D eigenvalue weighted by Gasteiger charge is 2.05. The van der Waals surface area contributed by atoms with Crippen LogP contribution in [0.1, 0.15) is 17.3 Å². The molecule has 18 heavy (non-hydrogen) atoms. The van der Waals surface area contributed by atoms with Crippen LogP contribution in [0.15, 0.2) is 27.2 Å². The Balaban J connectivity index is 2.03. The van der Waals surface area contributed by atoms with E-state index in [1.54, 1.807) is 6.92 Å². The maximum absolute atomic E-state index is 5.60. The Hall–Kier alpha value is -1.40. The number of aromatic nitrogens is 2. The van der Waals surface area contributed by atoms with E-state index in [9.17, 15) is 0 Å². The lowest BCUT2D eigenvalue weighted by molar-refractivity contribution is 0.242. The Bertz CT molecular complexity index is 528. The van der Waals surface area contributed by atoms with Crippen molar-refractivity contribution in [3.63, 3.8) is 0 Å². The van der Waals surface area contributed by atoms with E-state index in [0.29, 0.717) is 11.7 Å². The molecule has 1 aromatic heterocycles. The zero-order chi connectivity index (χ0) is 13.0. The number of nitrogens with zero attached hydrogens (tertiary/aromatic N) is 2. The van der Waals surface area contributed by atoms with Gasteiger partial charge in [-0.3, -0.25) is 0 Å². The minimum Gasteiger partial charge on any atom is -0.484 e. The quantitative estimate of drug-likeness (QED) is 0.919. The first kappa shape index (κ1) is 13.0. The van der Waals surface area contributed by atoms with E-state index in [2.05, 4.69) is 31.4 Å². The summed E-state index contributed by atoms with van der Waals surface area (Å²) in [7, 11) is 1.90. The van der Waals surface area contributed by atoms with Crippen LogP contribution < -0.4 is 10.1 Å². The van der Waals surface area contributed by atoms with Gasteiger partial charge in [-0.15, -0.1) is 0 Å². The third-order valence-electron chi connectivity index (χ3n) is 2.32. The van der Waals surface area contributed by atoms with Crippen molar-refractivity contribution < 1.29 is 9.26 Å². The van der Waals surface area contributed by atoms with Crippen LogP contribution >= 0.6 is 15.9 Å².